The predicted octanol–water partition coefficient (Wildman–Crippen LogP) is 2.19. The van der Waals surface area contributed by atoms with Crippen LogP contribution in [0.5, 0.6) is 0 Å². The first-order valence-electron chi connectivity index (χ1n) is 11.2. The van der Waals surface area contributed by atoms with Crippen LogP contribution in [0.1, 0.15) is 37.6 Å². The van der Waals surface area contributed by atoms with Crippen molar-refractivity contribution in [2.24, 2.45) is 21.7 Å². The topological polar surface area (TPSA) is 173 Å². The number of amides is 2. The lowest BCUT2D eigenvalue weighted by atomic mass is 10.1. The van der Waals surface area contributed by atoms with Crippen molar-refractivity contribution in [2.45, 2.75) is 20.3 Å². The third-order valence-electron chi connectivity index (χ3n) is 5.09. The number of hydrogen-bond donors (Lipinski definition) is 4. The highest BCUT2D eigenvalue weighted by molar-refractivity contribution is 7.18. The normalized spacial score (nSPS) is 11.3. The minimum Gasteiger partial charge on any atom is -0.394 e. The number of benzene rings is 1. The Balaban J connectivity index is 2.20. The van der Waals surface area contributed by atoms with Gasteiger partial charge in [-0.1, -0.05) is 0 Å². The molecule has 12 heteroatoms. The molecule has 2 rings (SSSR count). The molecule has 0 saturated carbocycles. The molecule has 35 heavy (non-hydrogen) atoms. The van der Waals surface area contributed by atoms with Gasteiger partial charge in [0.2, 0.25) is 0 Å². The molecule has 1 aromatic carbocycles. The average molecular weight is 508 g/mol. The average Bonchev–Trinajstić information content (AvgIpc) is 3.16. The van der Waals surface area contributed by atoms with Gasteiger partial charge in [-0.05, 0) is 49.6 Å². The Kier molecular flexibility index (Phi) is 11.7. The lowest BCUT2D eigenvalue weighted by molar-refractivity contribution is 0.0890. The number of primary amides is 2. The van der Waals surface area contributed by atoms with Crippen molar-refractivity contribution < 1.29 is 29.3 Å². The standard InChI is InChI=1S/C23H33N5O6S/c1-15-14-17(28(7-11-34-13-9-30)6-3-10-33-12-8-29)4-5-18(15)26-27-23-19(21(24)31)16(2)20(35-23)22(25)32/h4-5,14,29-30H,3,6-13H2,1-2H3,(H2,24,31)(H2,25,32). The Bertz CT molecular complexity index is 1030. The van der Waals surface area contributed by atoms with E-state index >= 15 is 0 Å². The third kappa shape index (κ3) is 8.37. The zero-order chi connectivity index (χ0) is 25.8. The molecule has 0 unspecified atom stereocenters. The molecule has 0 spiro atoms. The number of aryl methyl sites for hydroxylation is 1. The fraction of sp³-hybridized carbons (Fsp3) is 0.478. The van der Waals surface area contributed by atoms with Gasteiger partial charge in [0.15, 0.2) is 5.00 Å². The summed E-state index contributed by atoms with van der Waals surface area (Å²) in [5.74, 6) is -1.35. The molecule has 6 N–H and O–H groups in total. The molecule has 0 fully saturated rings. The minimum atomic E-state index is -0.700. The maximum atomic E-state index is 11.9. The van der Waals surface area contributed by atoms with Crippen LogP contribution in [0.4, 0.5) is 16.4 Å². The van der Waals surface area contributed by atoms with Crippen molar-refractivity contribution in [3.63, 3.8) is 0 Å². The molecule has 1 aromatic heterocycles. The summed E-state index contributed by atoms with van der Waals surface area (Å²) >= 11 is 0.980. The van der Waals surface area contributed by atoms with Crippen molar-refractivity contribution >= 4 is 39.5 Å². The van der Waals surface area contributed by atoms with Gasteiger partial charge in [-0.3, -0.25) is 9.59 Å². The number of aliphatic hydroxyl groups excluding tert-OH is 2. The molecule has 0 aliphatic rings. The van der Waals surface area contributed by atoms with E-state index in [2.05, 4.69) is 15.1 Å². The monoisotopic (exact) mass is 507 g/mol. The Morgan fingerprint density at radius 1 is 0.971 bits per heavy atom. The Morgan fingerprint density at radius 3 is 2.26 bits per heavy atom. The number of rotatable bonds is 16. The van der Waals surface area contributed by atoms with Crippen LogP contribution in [0.15, 0.2) is 28.4 Å². The lowest BCUT2D eigenvalue weighted by Crippen LogP contribution is -2.29. The molecular formula is C23H33N5O6S. The van der Waals surface area contributed by atoms with E-state index in [0.717, 1.165) is 29.0 Å². The van der Waals surface area contributed by atoms with Crippen LogP contribution in [0.2, 0.25) is 0 Å². The van der Waals surface area contributed by atoms with E-state index in [9.17, 15) is 9.59 Å². The summed E-state index contributed by atoms with van der Waals surface area (Å²) in [6, 6.07) is 5.70. The SMILES string of the molecule is Cc1cc(N(CCCOCCO)CCOCCO)ccc1N=Nc1sc(C(N)=O)c(C)c1C(N)=O. The molecule has 0 aliphatic heterocycles. The molecule has 1 heterocycles. The number of aliphatic hydroxyl groups is 2. The summed E-state index contributed by atoms with van der Waals surface area (Å²) in [4.78, 5) is 25.9. The number of thiophene rings is 1. The van der Waals surface area contributed by atoms with E-state index in [4.69, 9.17) is 31.2 Å². The second kappa shape index (κ2) is 14.5. The highest BCUT2D eigenvalue weighted by Crippen LogP contribution is 2.36. The van der Waals surface area contributed by atoms with Gasteiger partial charge in [0.05, 0.1) is 49.2 Å². The van der Waals surface area contributed by atoms with Crippen LogP contribution < -0.4 is 16.4 Å². The first-order chi connectivity index (χ1) is 16.8. The molecule has 11 nitrogen and oxygen atoms in total. The molecule has 0 atom stereocenters. The molecule has 0 bridgehead atoms. The maximum absolute atomic E-state index is 11.9. The van der Waals surface area contributed by atoms with Crippen molar-refractivity contribution in [1.29, 1.82) is 0 Å². The Morgan fingerprint density at radius 2 is 1.66 bits per heavy atom. The highest BCUT2D eigenvalue weighted by Gasteiger charge is 2.22. The molecule has 0 saturated heterocycles. The molecule has 0 radical (unpaired) electrons. The van der Waals surface area contributed by atoms with Gasteiger partial charge in [-0.15, -0.1) is 21.6 Å². The van der Waals surface area contributed by atoms with E-state index in [1.807, 2.05) is 25.1 Å². The van der Waals surface area contributed by atoms with Crippen molar-refractivity contribution in [3.8, 4) is 0 Å². The predicted molar refractivity (Wildman–Crippen MR) is 134 cm³/mol. The summed E-state index contributed by atoms with van der Waals surface area (Å²) in [6.07, 6.45) is 0.760. The second-order valence-corrected chi connectivity index (χ2v) is 8.65. The molecule has 2 aromatic rings. The van der Waals surface area contributed by atoms with Crippen molar-refractivity contribution in [3.05, 3.63) is 39.8 Å². The summed E-state index contributed by atoms with van der Waals surface area (Å²) in [5, 5.41) is 26.5. The van der Waals surface area contributed by atoms with Crippen LogP contribution in [0.3, 0.4) is 0 Å². The summed E-state index contributed by atoms with van der Waals surface area (Å²) in [5.41, 5.74) is 13.8. The van der Waals surface area contributed by atoms with Gasteiger partial charge in [0, 0.05) is 25.4 Å². The second-order valence-electron chi connectivity index (χ2n) is 7.65. The highest BCUT2D eigenvalue weighted by atomic mass is 32.1. The van der Waals surface area contributed by atoms with Crippen LogP contribution in [-0.4, -0.2) is 74.8 Å². The van der Waals surface area contributed by atoms with Gasteiger partial charge >= 0.3 is 0 Å². The summed E-state index contributed by atoms with van der Waals surface area (Å²) in [6.45, 7) is 6.34. The number of nitrogens with zero attached hydrogens (tertiary/aromatic N) is 3. The number of carbonyl (C=O) groups is 2. The van der Waals surface area contributed by atoms with Gasteiger partial charge in [-0.2, -0.15) is 0 Å². The number of hydrogen-bond acceptors (Lipinski definition) is 10. The van der Waals surface area contributed by atoms with Gasteiger partial charge < -0.3 is 36.1 Å². The van der Waals surface area contributed by atoms with Crippen LogP contribution in [0.25, 0.3) is 0 Å². The number of nitrogens with two attached hydrogens (primary N) is 2. The fourth-order valence-electron chi connectivity index (χ4n) is 3.38. The third-order valence-corrected chi connectivity index (χ3v) is 6.28. The minimum absolute atomic E-state index is 0.0102. The van der Waals surface area contributed by atoms with E-state index in [-0.39, 0.29) is 35.3 Å². The van der Waals surface area contributed by atoms with Crippen LogP contribution in [-0.2, 0) is 9.47 Å². The maximum Gasteiger partial charge on any atom is 0.259 e. The number of carbonyl (C=O) groups excluding carboxylic acids is 2. The first-order valence-corrected chi connectivity index (χ1v) is 12.0. The Hall–Kier alpha value is -2.90. The van der Waals surface area contributed by atoms with E-state index in [1.54, 1.807) is 6.92 Å². The molecule has 2 amide bonds. The number of ether oxygens (including phenoxy) is 2. The quantitative estimate of drug-likeness (QED) is 0.199. The molecule has 192 valence electrons. The van der Waals surface area contributed by atoms with Crippen LogP contribution in [0, 0.1) is 13.8 Å². The fourth-order valence-corrected chi connectivity index (χ4v) is 4.36. The molecular weight excluding hydrogens is 474 g/mol. The van der Waals surface area contributed by atoms with E-state index in [0.29, 0.717) is 44.2 Å². The summed E-state index contributed by atoms with van der Waals surface area (Å²) in [7, 11) is 0. The van der Waals surface area contributed by atoms with Crippen molar-refractivity contribution in [1.82, 2.24) is 0 Å². The van der Waals surface area contributed by atoms with E-state index in [1.165, 1.54) is 0 Å². The van der Waals surface area contributed by atoms with Crippen LogP contribution >= 0.6 is 11.3 Å². The first kappa shape index (κ1) is 28.3. The zero-order valence-corrected chi connectivity index (χ0v) is 20.8. The largest absolute Gasteiger partial charge is 0.394 e. The smallest absolute Gasteiger partial charge is 0.259 e. The summed E-state index contributed by atoms with van der Waals surface area (Å²) < 4.78 is 10.8. The number of anilines is 1. The zero-order valence-electron chi connectivity index (χ0n) is 20.0. The number of azo groups is 1. The lowest BCUT2D eigenvalue weighted by Gasteiger charge is -2.25. The van der Waals surface area contributed by atoms with Crippen molar-refractivity contribution in [2.75, 3.05) is 57.6 Å². The van der Waals surface area contributed by atoms with Gasteiger partial charge in [0.1, 0.15) is 0 Å². The van der Waals surface area contributed by atoms with Gasteiger partial charge in [-0.25, -0.2) is 0 Å². The van der Waals surface area contributed by atoms with Gasteiger partial charge in [0.25, 0.3) is 11.8 Å². The molecule has 0 aliphatic carbocycles. The Labute approximate surface area is 208 Å². The van der Waals surface area contributed by atoms with E-state index < -0.39 is 11.8 Å².